The van der Waals surface area contributed by atoms with Crippen molar-refractivity contribution >= 4 is 15.8 Å². The van der Waals surface area contributed by atoms with Gasteiger partial charge in [0.2, 0.25) is 0 Å². The van der Waals surface area contributed by atoms with Crippen molar-refractivity contribution in [3.63, 3.8) is 0 Å². The summed E-state index contributed by atoms with van der Waals surface area (Å²) < 4.78 is 26.3. The summed E-state index contributed by atoms with van der Waals surface area (Å²) in [4.78, 5) is 15.9. The number of aryl methyl sites for hydroxylation is 3. The average molecular weight is 447 g/mol. The predicted molar refractivity (Wildman–Crippen MR) is 115 cm³/mol. The van der Waals surface area contributed by atoms with Crippen LogP contribution in [-0.4, -0.2) is 45.5 Å². The standard InChI is InChI=1S/C20H26N6O4S/c1-13-5-7-16(8-6-13)31(28,29)25-30-12-20(3,27)9-15-10-22-19(21)18(23-15)17-11-26(4)24-14(17)2/h5-8,10-11,25,27H,9,12H2,1-4H3,(H2,21,22). The van der Waals surface area contributed by atoms with Gasteiger partial charge in [-0.25, -0.2) is 18.4 Å². The van der Waals surface area contributed by atoms with Crippen molar-refractivity contribution in [2.75, 3.05) is 12.3 Å². The zero-order chi connectivity index (χ0) is 22.8. The molecule has 3 rings (SSSR count). The minimum atomic E-state index is -3.86. The molecule has 0 aliphatic carbocycles. The molecule has 0 amide bonds. The van der Waals surface area contributed by atoms with E-state index in [0.717, 1.165) is 16.8 Å². The highest BCUT2D eigenvalue weighted by molar-refractivity contribution is 7.89. The molecule has 4 N–H and O–H groups in total. The lowest BCUT2D eigenvalue weighted by molar-refractivity contribution is -0.0496. The summed E-state index contributed by atoms with van der Waals surface area (Å²) >= 11 is 0. The molecule has 3 aromatic rings. The first-order chi connectivity index (χ1) is 14.5. The summed E-state index contributed by atoms with van der Waals surface area (Å²) in [6.07, 6.45) is 3.33. The van der Waals surface area contributed by atoms with Crippen molar-refractivity contribution in [3.8, 4) is 11.3 Å². The molecule has 0 fully saturated rings. The Bertz CT molecular complexity index is 1170. The Labute approximate surface area is 181 Å². The zero-order valence-corrected chi connectivity index (χ0v) is 18.6. The molecule has 0 aliphatic rings. The Balaban J connectivity index is 1.67. The molecule has 0 spiro atoms. The molecule has 0 bridgehead atoms. The van der Waals surface area contributed by atoms with E-state index in [2.05, 4.69) is 15.1 Å². The van der Waals surface area contributed by atoms with Crippen LogP contribution in [0.1, 0.15) is 23.9 Å². The highest BCUT2D eigenvalue weighted by Gasteiger charge is 2.25. The minimum absolute atomic E-state index is 0.0682. The number of aromatic nitrogens is 4. The summed E-state index contributed by atoms with van der Waals surface area (Å²) in [5, 5.41) is 15.0. The van der Waals surface area contributed by atoms with Crippen LogP contribution in [0.5, 0.6) is 0 Å². The number of rotatable bonds is 8. The number of hydrogen-bond donors (Lipinski definition) is 3. The molecule has 31 heavy (non-hydrogen) atoms. The van der Waals surface area contributed by atoms with Crippen LogP contribution in [0.15, 0.2) is 41.6 Å². The van der Waals surface area contributed by atoms with Gasteiger partial charge in [0.05, 0.1) is 34.7 Å². The van der Waals surface area contributed by atoms with Crippen LogP contribution in [0, 0.1) is 13.8 Å². The average Bonchev–Trinajstić information content (AvgIpc) is 3.01. The van der Waals surface area contributed by atoms with Crippen LogP contribution in [0.25, 0.3) is 11.3 Å². The molecule has 0 saturated carbocycles. The number of nitrogens with zero attached hydrogens (tertiary/aromatic N) is 4. The van der Waals surface area contributed by atoms with E-state index in [9.17, 15) is 13.5 Å². The highest BCUT2D eigenvalue weighted by atomic mass is 32.2. The van der Waals surface area contributed by atoms with Crippen LogP contribution in [0.2, 0.25) is 0 Å². The normalized spacial score (nSPS) is 13.8. The van der Waals surface area contributed by atoms with E-state index < -0.39 is 15.6 Å². The van der Waals surface area contributed by atoms with Gasteiger partial charge in [-0.15, -0.1) is 0 Å². The number of hydrogen-bond acceptors (Lipinski definition) is 8. The van der Waals surface area contributed by atoms with E-state index in [1.807, 2.05) is 18.7 Å². The van der Waals surface area contributed by atoms with Gasteiger partial charge in [0, 0.05) is 25.2 Å². The lowest BCUT2D eigenvalue weighted by atomic mass is 10.0. The number of benzene rings is 1. The maximum absolute atomic E-state index is 12.3. The third kappa shape index (κ3) is 5.64. The number of nitrogens with one attached hydrogen (secondary N) is 1. The lowest BCUT2D eigenvalue weighted by Crippen LogP contribution is -2.38. The Morgan fingerprint density at radius 1 is 1.26 bits per heavy atom. The zero-order valence-electron chi connectivity index (χ0n) is 17.8. The lowest BCUT2D eigenvalue weighted by Gasteiger charge is -2.22. The fourth-order valence-corrected chi connectivity index (χ4v) is 3.82. The van der Waals surface area contributed by atoms with E-state index in [0.29, 0.717) is 11.4 Å². The van der Waals surface area contributed by atoms with Crippen molar-refractivity contribution in [1.29, 1.82) is 0 Å². The molecule has 2 heterocycles. The smallest absolute Gasteiger partial charge is 0.262 e. The molecule has 0 aliphatic heterocycles. The first-order valence-corrected chi connectivity index (χ1v) is 11.0. The van der Waals surface area contributed by atoms with E-state index >= 15 is 0 Å². The summed E-state index contributed by atoms with van der Waals surface area (Å²) in [5.74, 6) is 0.251. The van der Waals surface area contributed by atoms with Gasteiger partial charge in [0.15, 0.2) is 0 Å². The second kappa shape index (κ2) is 8.71. The topological polar surface area (TPSA) is 145 Å². The summed E-state index contributed by atoms with van der Waals surface area (Å²) in [7, 11) is -2.06. The van der Waals surface area contributed by atoms with Crippen LogP contribution in [0.3, 0.4) is 0 Å². The fraction of sp³-hybridized carbons (Fsp3) is 0.350. The molecule has 2 aromatic heterocycles. The number of aliphatic hydroxyl groups is 1. The Hall–Kier alpha value is -2.86. The van der Waals surface area contributed by atoms with Crippen molar-refractivity contribution < 1.29 is 18.4 Å². The first kappa shape index (κ1) is 22.8. The summed E-state index contributed by atoms with van der Waals surface area (Å²) in [5.41, 5.74) is 7.95. The van der Waals surface area contributed by atoms with Crippen LogP contribution >= 0.6 is 0 Å². The van der Waals surface area contributed by atoms with Crippen molar-refractivity contribution in [3.05, 3.63) is 53.6 Å². The molecule has 0 radical (unpaired) electrons. The maximum Gasteiger partial charge on any atom is 0.262 e. The molecule has 0 saturated heterocycles. The van der Waals surface area contributed by atoms with Gasteiger partial charge in [-0.3, -0.25) is 9.52 Å². The van der Waals surface area contributed by atoms with Crippen LogP contribution in [0.4, 0.5) is 5.82 Å². The number of sulfonamides is 1. The van der Waals surface area contributed by atoms with E-state index in [-0.39, 0.29) is 23.7 Å². The quantitative estimate of drug-likeness (QED) is 0.439. The second-order valence-corrected chi connectivity index (χ2v) is 9.40. The molecule has 1 unspecified atom stereocenters. The third-order valence-corrected chi connectivity index (χ3v) is 5.79. The second-order valence-electron chi connectivity index (χ2n) is 7.76. The number of nitrogens with two attached hydrogens (primary N) is 1. The van der Waals surface area contributed by atoms with E-state index in [4.69, 9.17) is 10.6 Å². The van der Waals surface area contributed by atoms with E-state index in [1.54, 1.807) is 30.1 Å². The van der Waals surface area contributed by atoms with Gasteiger partial charge < -0.3 is 10.8 Å². The molecule has 166 valence electrons. The molecule has 11 heteroatoms. The number of nitrogen functional groups attached to an aromatic ring is 1. The first-order valence-electron chi connectivity index (χ1n) is 9.51. The SMILES string of the molecule is Cc1ccc(S(=O)(=O)NOCC(C)(O)Cc2cnc(N)c(-c3cn(C)nc3C)n2)cc1. The van der Waals surface area contributed by atoms with Gasteiger partial charge in [-0.05, 0) is 32.9 Å². The predicted octanol–water partition coefficient (Wildman–Crippen LogP) is 1.28. The van der Waals surface area contributed by atoms with E-state index in [1.165, 1.54) is 25.3 Å². The van der Waals surface area contributed by atoms with Crippen molar-refractivity contribution in [2.45, 2.75) is 37.7 Å². The number of anilines is 1. The van der Waals surface area contributed by atoms with Crippen molar-refractivity contribution in [2.24, 2.45) is 7.05 Å². The van der Waals surface area contributed by atoms with Gasteiger partial charge in [-0.2, -0.15) is 5.10 Å². The van der Waals surface area contributed by atoms with Crippen LogP contribution < -0.4 is 10.6 Å². The van der Waals surface area contributed by atoms with Gasteiger partial charge in [0.1, 0.15) is 11.5 Å². The Morgan fingerprint density at radius 3 is 2.55 bits per heavy atom. The molecule has 10 nitrogen and oxygen atoms in total. The monoisotopic (exact) mass is 446 g/mol. The summed E-state index contributed by atoms with van der Waals surface area (Å²) in [6, 6.07) is 6.33. The largest absolute Gasteiger partial charge is 0.387 e. The molecular weight excluding hydrogens is 420 g/mol. The van der Waals surface area contributed by atoms with Crippen molar-refractivity contribution in [1.82, 2.24) is 24.6 Å². The highest BCUT2D eigenvalue weighted by Crippen LogP contribution is 2.25. The van der Waals surface area contributed by atoms with Gasteiger partial charge in [-0.1, -0.05) is 22.6 Å². The molecule has 1 atom stereocenters. The van der Waals surface area contributed by atoms with Crippen LogP contribution in [-0.2, 0) is 28.3 Å². The van der Waals surface area contributed by atoms with Gasteiger partial charge in [0.25, 0.3) is 10.0 Å². The third-order valence-electron chi connectivity index (χ3n) is 4.56. The fourth-order valence-electron chi connectivity index (χ4n) is 3.02. The molecule has 1 aromatic carbocycles. The maximum atomic E-state index is 12.3. The Morgan fingerprint density at radius 2 is 1.94 bits per heavy atom. The Kier molecular flexibility index (Phi) is 6.41. The summed E-state index contributed by atoms with van der Waals surface area (Å²) in [6.45, 7) is 4.91. The van der Waals surface area contributed by atoms with Gasteiger partial charge >= 0.3 is 0 Å². The molecular formula is C20H26N6O4S. The minimum Gasteiger partial charge on any atom is -0.387 e.